The van der Waals surface area contributed by atoms with Gasteiger partial charge < -0.3 is 15.0 Å². The van der Waals surface area contributed by atoms with E-state index in [4.69, 9.17) is 4.74 Å². The summed E-state index contributed by atoms with van der Waals surface area (Å²) in [5.41, 5.74) is 1.91. The van der Waals surface area contributed by atoms with E-state index in [1.165, 1.54) is 10.5 Å². The Bertz CT molecular complexity index is 810. The van der Waals surface area contributed by atoms with E-state index >= 15 is 0 Å². The minimum atomic E-state index is -0.589. The number of carbonyl (C=O) groups is 2. The second-order valence-electron chi connectivity index (χ2n) is 7.08. The van der Waals surface area contributed by atoms with Crippen LogP contribution in [0.5, 0.6) is 5.75 Å². The molecule has 6 nitrogen and oxygen atoms in total. The molecule has 1 atom stereocenters. The summed E-state index contributed by atoms with van der Waals surface area (Å²) >= 11 is 0. The Kier molecular flexibility index (Phi) is 6.66. The summed E-state index contributed by atoms with van der Waals surface area (Å²) in [7, 11) is 2.07. The van der Waals surface area contributed by atoms with E-state index in [2.05, 4.69) is 29.4 Å². The van der Waals surface area contributed by atoms with Crippen LogP contribution >= 0.6 is 0 Å². The average molecular weight is 381 g/mol. The summed E-state index contributed by atoms with van der Waals surface area (Å²) in [6.45, 7) is 4.04. The lowest BCUT2D eigenvalue weighted by atomic mass is 10.2. The number of para-hydroxylation sites is 2. The molecule has 0 bridgehead atoms. The molecule has 0 aromatic heterocycles. The molecule has 0 aliphatic carbocycles. The maximum atomic E-state index is 12.4. The summed E-state index contributed by atoms with van der Waals surface area (Å²) in [5, 5.41) is 2.92. The fourth-order valence-corrected chi connectivity index (χ4v) is 3.27. The van der Waals surface area contributed by atoms with Gasteiger partial charge in [0, 0.05) is 13.1 Å². The lowest BCUT2D eigenvalue weighted by Crippen LogP contribution is -2.49. The number of rotatable bonds is 8. The number of nitrogens with one attached hydrogen (secondary N) is 1. The van der Waals surface area contributed by atoms with Crippen LogP contribution in [0.4, 0.5) is 5.69 Å². The number of amides is 2. The van der Waals surface area contributed by atoms with Gasteiger partial charge in [0.1, 0.15) is 12.3 Å². The quantitative estimate of drug-likeness (QED) is 0.714. The summed E-state index contributed by atoms with van der Waals surface area (Å²) in [4.78, 5) is 28.5. The molecule has 6 heteroatoms. The number of fused-ring (bicyclic) bond motifs is 1. The highest BCUT2D eigenvalue weighted by atomic mass is 16.5. The predicted molar refractivity (Wildman–Crippen MR) is 109 cm³/mol. The van der Waals surface area contributed by atoms with Gasteiger partial charge in [-0.2, -0.15) is 0 Å². The highest BCUT2D eigenvalue weighted by Gasteiger charge is 2.32. The lowest BCUT2D eigenvalue weighted by molar-refractivity contribution is -0.128. The molecule has 0 saturated carbocycles. The van der Waals surface area contributed by atoms with Crippen LogP contribution in [0, 0.1) is 0 Å². The molecule has 2 amide bonds. The molecule has 3 rings (SSSR count). The minimum absolute atomic E-state index is 0.00337. The van der Waals surface area contributed by atoms with E-state index in [0.717, 1.165) is 19.5 Å². The highest BCUT2D eigenvalue weighted by Crippen LogP contribution is 2.33. The molecule has 1 heterocycles. The standard InChI is InChI=1S/C22H27N3O3/c1-17-22(27)25(19-11-6-7-12-20(19)28-17)16-21(26)23-13-8-14-24(2)15-18-9-4-3-5-10-18/h3-7,9-12,17H,8,13-16H2,1-2H3,(H,23,26). The molecule has 2 aromatic carbocycles. The van der Waals surface area contributed by atoms with Gasteiger partial charge in [-0.1, -0.05) is 42.5 Å². The Balaban J connectivity index is 1.44. The van der Waals surface area contributed by atoms with Crippen LogP contribution in [0.2, 0.25) is 0 Å². The number of ether oxygens (including phenoxy) is 1. The van der Waals surface area contributed by atoms with Crippen molar-refractivity contribution < 1.29 is 14.3 Å². The molecular weight excluding hydrogens is 354 g/mol. The molecule has 148 valence electrons. The third-order valence-electron chi connectivity index (χ3n) is 4.71. The number of hydrogen-bond acceptors (Lipinski definition) is 4. The first kappa shape index (κ1) is 19.9. The van der Waals surface area contributed by atoms with Crippen molar-refractivity contribution in [3.05, 3.63) is 60.2 Å². The van der Waals surface area contributed by atoms with Crippen LogP contribution in [0.25, 0.3) is 0 Å². The maximum Gasteiger partial charge on any atom is 0.268 e. The Labute approximate surface area is 166 Å². The zero-order valence-electron chi connectivity index (χ0n) is 16.4. The van der Waals surface area contributed by atoms with Gasteiger partial charge in [0.15, 0.2) is 6.10 Å². The molecule has 2 aromatic rings. The number of hydrogen-bond donors (Lipinski definition) is 1. The number of anilines is 1. The largest absolute Gasteiger partial charge is 0.479 e. The Morgan fingerprint density at radius 3 is 2.64 bits per heavy atom. The topological polar surface area (TPSA) is 61.9 Å². The average Bonchev–Trinajstić information content (AvgIpc) is 2.69. The van der Waals surface area contributed by atoms with Gasteiger partial charge in [0.25, 0.3) is 5.91 Å². The highest BCUT2D eigenvalue weighted by molar-refractivity contribution is 6.03. The Hall–Kier alpha value is -2.86. The molecule has 1 aliphatic heterocycles. The fourth-order valence-electron chi connectivity index (χ4n) is 3.27. The first-order chi connectivity index (χ1) is 13.5. The van der Waals surface area contributed by atoms with Gasteiger partial charge in [0.2, 0.25) is 5.91 Å². The normalized spacial score (nSPS) is 15.9. The molecule has 0 fully saturated rings. The maximum absolute atomic E-state index is 12.4. The van der Waals surface area contributed by atoms with E-state index in [-0.39, 0.29) is 18.4 Å². The molecule has 0 saturated heterocycles. The Morgan fingerprint density at radius 1 is 1.14 bits per heavy atom. The summed E-state index contributed by atoms with van der Waals surface area (Å²) < 4.78 is 5.60. The van der Waals surface area contributed by atoms with Gasteiger partial charge in [0.05, 0.1) is 5.69 Å². The molecule has 28 heavy (non-hydrogen) atoms. The van der Waals surface area contributed by atoms with Crippen molar-refractivity contribution in [2.24, 2.45) is 0 Å². The van der Waals surface area contributed by atoms with Crippen molar-refractivity contribution in [3.63, 3.8) is 0 Å². The zero-order valence-corrected chi connectivity index (χ0v) is 16.4. The second-order valence-corrected chi connectivity index (χ2v) is 7.08. The minimum Gasteiger partial charge on any atom is -0.479 e. The lowest BCUT2D eigenvalue weighted by Gasteiger charge is -2.32. The first-order valence-electron chi connectivity index (χ1n) is 9.61. The van der Waals surface area contributed by atoms with Gasteiger partial charge in [-0.25, -0.2) is 0 Å². The van der Waals surface area contributed by atoms with Gasteiger partial charge in [-0.15, -0.1) is 0 Å². The molecule has 1 aliphatic rings. The van der Waals surface area contributed by atoms with Crippen molar-refractivity contribution in [1.82, 2.24) is 10.2 Å². The Morgan fingerprint density at radius 2 is 1.86 bits per heavy atom. The predicted octanol–water partition coefficient (Wildman–Crippen LogP) is 2.44. The van der Waals surface area contributed by atoms with E-state index in [0.29, 0.717) is 18.0 Å². The van der Waals surface area contributed by atoms with Gasteiger partial charge in [-0.05, 0) is 44.6 Å². The molecular formula is C22H27N3O3. The number of nitrogens with zero attached hydrogens (tertiary/aromatic N) is 2. The van der Waals surface area contributed by atoms with Crippen LogP contribution in [-0.2, 0) is 16.1 Å². The van der Waals surface area contributed by atoms with Gasteiger partial charge in [-0.3, -0.25) is 14.5 Å². The first-order valence-corrected chi connectivity index (χ1v) is 9.61. The van der Waals surface area contributed by atoms with Crippen molar-refractivity contribution in [2.45, 2.75) is 26.0 Å². The summed E-state index contributed by atoms with van der Waals surface area (Å²) in [6, 6.07) is 17.6. The van der Waals surface area contributed by atoms with Crippen molar-refractivity contribution in [2.75, 3.05) is 31.6 Å². The van der Waals surface area contributed by atoms with Crippen LogP contribution in [-0.4, -0.2) is 49.5 Å². The molecule has 1 unspecified atom stereocenters. The van der Waals surface area contributed by atoms with Crippen LogP contribution < -0.4 is 15.0 Å². The number of benzene rings is 2. The third kappa shape index (κ3) is 5.10. The smallest absolute Gasteiger partial charge is 0.268 e. The molecule has 1 N–H and O–H groups in total. The van der Waals surface area contributed by atoms with Gasteiger partial charge >= 0.3 is 0 Å². The summed E-state index contributed by atoms with van der Waals surface area (Å²) in [5.74, 6) is 0.268. The van der Waals surface area contributed by atoms with Crippen LogP contribution in [0.3, 0.4) is 0 Å². The second kappa shape index (κ2) is 9.37. The SMILES string of the molecule is CC1Oc2ccccc2N(CC(=O)NCCCN(C)Cc2ccccc2)C1=O. The molecule has 0 spiro atoms. The molecule has 0 radical (unpaired) electrons. The van der Waals surface area contributed by atoms with E-state index in [1.807, 2.05) is 36.4 Å². The van der Waals surface area contributed by atoms with Crippen molar-refractivity contribution >= 4 is 17.5 Å². The van der Waals surface area contributed by atoms with Crippen LogP contribution in [0.15, 0.2) is 54.6 Å². The van der Waals surface area contributed by atoms with Crippen LogP contribution in [0.1, 0.15) is 18.9 Å². The van der Waals surface area contributed by atoms with Crippen molar-refractivity contribution in [3.8, 4) is 5.75 Å². The fraction of sp³-hybridized carbons (Fsp3) is 0.364. The van der Waals surface area contributed by atoms with Crippen molar-refractivity contribution in [1.29, 1.82) is 0 Å². The monoisotopic (exact) mass is 381 g/mol. The number of carbonyl (C=O) groups excluding carboxylic acids is 2. The third-order valence-corrected chi connectivity index (χ3v) is 4.71. The van der Waals surface area contributed by atoms with E-state index in [1.54, 1.807) is 13.0 Å². The van der Waals surface area contributed by atoms with E-state index in [9.17, 15) is 9.59 Å². The van der Waals surface area contributed by atoms with E-state index < -0.39 is 6.10 Å². The summed E-state index contributed by atoms with van der Waals surface area (Å²) in [6.07, 6.45) is 0.258. The zero-order chi connectivity index (χ0) is 19.9.